The van der Waals surface area contributed by atoms with E-state index in [1.807, 2.05) is 6.92 Å². The van der Waals surface area contributed by atoms with Crippen LogP contribution in [-0.4, -0.2) is 51.4 Å². The van der Waals surface area contributed by atoms with E-state index in [9.17, 15) is 14.4 Å². The van der Waals surface area contributed by atoms with Crippen molar-refractivity contribution in [3.05, 3.63) is 81.8 Å². The first-order chi connectivity index (χ1) is 18.8. The fourth-order valence-electron chi connectivity index (χ4n) is 3.23. The number of nitrogens with zero attached hydrogens (tertiary/aromatic N) is 1. The van der Waals surface area contributed by atoms with Crippen LogP contribution in [0.4, 0.5) is 0 Å². The number of nitrogens with one attached hydrogen (secondary N) is 2. The molecule has 0 aliphatic carbocycles. The smallest absolute Gasteiger partial charge is 0.343 e. The average molecular weight is 598 g/mol. The van der Waals surface area contributed by atoms with Gasteiger partial charge in [0.05, 0.1) is 39.1 Å². The molecule has 2 amide bonds. The van der Waals surface area contributed by atoms with Gasteiger partial charge in [0, 0.05) is 15.6 Å². The van der Waals surface area contributed by atoms with Crippen molar-refractivity contribution in [3.63, 3.8) is 0 Å². The van der Waals surface area contributed by atoms with Gasteiger partial charge in [0.25, 0.3) is 11.8 Å². The van der Waals surface area contributed by atoms with Crippen molar-refractivity contribution in [2.45, 2.75) is 13.3 Å². The van der Waals surface area contributed by atoms with Crippen molar-refractivity contribution in [1.82, 2.24) is 10.7 Å². The second kappa shape index (κ2) is 14.5. The zero-order chi connectivity index (χ0) is 28.2. The van der Waals surface area contributed by atoms with Crippen LogP contribution in [0.3, 0.4) is 0 Å². The van der Waals surface area contributed by atoms with Crippen molar-refractivity contribution in [3.8, 4) is 23.0 Å². The maximum absolute atomic E-state index is 12.7. The molecule has 0 bridgehead atoms. The number of esters is 1. The molecule has 0 spiro atoms. The molecule has 2 N–H and O–H groups in total. The highest BCUT2D eigenvalue weighted by Gasteiger charge is 2.13. The lowest BCUT2D eigenvalue weighted by atomic mass is 10.2. The topological polar surface area (TPSA) is 125 Å². The van der Waals surface area contributed by atoms with Crippen LogP contribution in [0.15, 0.2) is 70.2 Å². The quantitative estimate of drug-likeness (QED) is 0.138. The van der Waals surface area contributed by atoms with Gasteiger partial charge in [0.15, 0.2) is 11.5 Å². The van der Waals surface area contributed by atoms with Gasteiger partial charge in [-0.3, -0.25) is 9.59 Å². The minimum absolute atomic E-state index is 0.245. The molecule has 3 aromatic rings. The summed E-state index contributed by atoms with van der Waals surface area (Å²) in [5.74, 6) is 0.197. The zero-order valence-electron chi connectivity index (χ0n) is 21.7. The molecule has 39 heavy (non-hydrogen) atoms. The Morgan fingerprint density at radius 1 is 0.897 bits per heavy atom. The van der Waals surface area contributed by atoms with Gasteiger partial charge in [-0.25, -0.2) is 10.2 Å². The molecule has 0 heterocycles. The maximum Gasteiger partial charge on any atom is 0.343 e. The third-order valence-corrected chi connectivity index (χ3v) is 5.68. The van der Waals surface area contributed by atoms with Crippen molar-refractivity contribution in [2.75, 3.05) is 27.4 Å². The Balaban J connectivity index is 1.57. The van der Waals surface area contributed by atoms with Crippen molar-refractivity contribution >= 4 is 39.9 Å². The first-order valence-electron chi connectivity index (χ1n) is 11.9. The summed E-state index contributed by atoms with van der Waals surface area (Å²) in [6.45, 7) is 2.28. The molecule has 0 saturated heterocycles. The Kier molecular flexibility index (Phi) is 10.9. The number of benzene rings is 3. The average Bonchev–Trinajstić information content (AvgIpc) is 2.95. The van der Waals surface area contributed by atoms with E-state index in [0.29, 0.717) is 40.5 Å². The molecule has 10 nitrogen and oxygen atoms in total. The lowest BCUT2D eigenvalue weighted by molar-refractivity contribution is -0.120. The van der Waals surface area contributed by atoms with E-state index in [0.717, 1.165) is 10.9 Å². The number of methoxy groups -OCH3 is 2. The number of carbonyl (C=O) groups excluding carboxylic acids is 3. The SMILES string of the molecule is CCCOc1ccc(C(=O)Oc2ccc(Br)cc2C=NNC(=O)CNC(=O)c2ccc(OC)c(OC)c2)cc1. The van der Waals surface area contributed by atoms with Crippen LogP contribution in [0, 0.1) is 0 Å². The van der Waals surface area contributed by atoms with Crippen LogP contribution in [0.5, 0.6) is 23.0 Å². The highest BCUT2D eigenvalue weighted by molar-refractivity contribution is 9.10. The van der Waals surface area contributed by atoms with E-state index in [1.54, 1.807) is 54.6 Å². The van der Waals surface area contributed by atoms with Gasteiger partial charge in [-0.2, -0.15) is 5.10 Å². The fraction of sp³-hybridized carbons (Fsp3) is 0.214. The Morgan fingerprint density at radius 3 is 2.28 bits per heavy atom. The van der Waals surface area contributed by atoms with Gasteiger partial charge in [-0.05, 0) is 67.1 Å². The molecule has 0 unspecified atom stereocenters. The summed E-state index contributed by atoms with van der Waals surface area (Å²) < 4.78 is 22.1. The summed E-state index contributed by atoms with van der Waals surface area (Å²) in [5, 5.41) is 6.43. The fourth-order valence-corrected chi connectivity index (χ4v) is 3.61. The summed E-state index contributed by atoms with van der Waals surface area (Å²) >= 11 is 3.37. The third-order valence-electron chi connectivity index (χ3n) is 5.19. The minimum Gasteiger partial charge on any atom is -0.494 e. The second-order valence-corrected chi connectivity index (χ2v) is 8.91. The van der Waals surface area contributed by atoms with Crippen LogP contribution < -0.4 is 29.7 Å². The van der Waals surface area contributed by atoms with Crippen LogP contribution in [0.2, 0.25) is 0 Å². The molecule has 0 fully saturated rings. The first-order valence-corrected chi connectivity index (χ1v) is 12.7. The summed E-state index contributed by atoms with van der Waals surface area (Å²) in [7, 11) is 2.95. The predicted octanol–water partition coefficient (Wildman–Crippen LogP) is 4.35. The number of hydrogen-bond donors (Lipinski definition) is 2. The summed E-state index contributed by atoms with van der Waals surface area (Å²) in [6, 6.07) is 16.3. The number of rotatable bonds is 12. The lowest BCUT2D eigenvalue weighted by Crippen LogP contribution is -2.34. The zero-order valence-corrected chi connectivity index (χ0v) is 23.2. The van der Waals surface area contributed by atoms with Gasteiger partial charge < -0.3 is 24.3 Å². The molecule has 0 saturated carbocycles. The molecule has 3 rings (SSSR count). The monoisotopic (exact) mass is 597 g/mol. The summed E-state index contributed by atoms with van der Waals surface area (Å²) in [4.78, 5) is 37.3. The Morgan fingerprint density at radius 2 is 1.59 bits per heavy atom. The first kappa shape index (κ1) is 29.2. The summed E-state index contributed by atoms with van der Waals surface area (Å²) in [6.07, 6.45) is 2.22. The van der Waals surface area contributed by atoms with Crippen LogP contribution in [0.1, 0.15) is 39.6 Å². The Bertz CT molecular complexity index is 1340. The van der Waals surface area contributed by atoms with Gasteiger partial charge in [0.2, 0.25) is 0 Å². The number of hydrazone groups is 1. The maximum atomic E-state index is 12.7. The molecule has 11 heteroatoms. The molecule has 0 aromatic heterocycles. The van der Waals surface area contributed by atoms with Crippen molar-refractivity contribution in [2.24, 2.45) is 5.10 Å². The Labute approximate surface area is 234 Å². The van der Waals surface area contributed by atoms with Gasteiger partial charge in [-0.15, -0.1) is 0 Å². The molecule has 0 aliphatic heterocycles. The van der Waals surface area contributed by atoms with E-state index >= 15 is 0 Å². The lowest BCUT2D eigenvalue weighted by Gasteiger charge is -2.10. The number of halogens is 1. The molecule has 0 atom stereocenters. The second-order valence-electron chi connectivity index (χ2n) is 7.99. The van der Waals surface area contributed by atoms with Gasteiger partial charge in [-0.1, -0.05) is 22.9 Å². The van der Waals surface area contributed by atoms with Crippen LogP contribution in [-0.2, 0) is 4.79 Å². The largest absolute Gasteiger partial charge is 0.494 e. The van der Waals surface area contributed by atoms with E-state index in [4.69, 9.17) is 18.9 Å². The molecule has 3 aromatic carbocycles. The Hall–Kier alpha value is -4.38. The van der Waals surface area contributed by atoms with E-state index in [-0.39, 0.29) is 12.3 Å². The van der Waals surface area contributed by atoms with E-state index < -0.39 is 17.8 Å². The van der Waals surface area contributed by atoms with E-state index in [2.05, 4.69) is 31.8 Å². The minimum atomic E-state index is -0.559. The number of carbonyl (C=O) groups is 3. The van der Waals surface area contributed by atoms with Gasteiger partial charge >= 0.3 is 5.97 Å². The molecular formula is C28H28BrN3O7. The standard InChI is InChI=1S/C28H28BrN3O7/c1-4-13-38-22-9-5-18(6-10-22)28(35)39-23-12-8-21(29)14-20(23)16-31-32-26(33)17-30-27(34)19-7-11-24(36-2)25(15-19)37-3/h5-12,14-16H,4,13,17H2,1-3H3,(H,30,34)(H,32,33). The van der Waals surface area contributed by atoms with Crippen LogP contribution >= 0.6 is 15.9 Å². The predicted molar refractivity (Wildman–Crippen MR) is 149 cm³/mol. The highest BCUT2D eigenvalue weighted by atomic mass is 79.9. The van der Waals surface area contributed by atoms with E-state index in [1.165, 1.54) is 26.5 Å². The number of amides is 2. The molecule has 0 radical (unpaired) electrons. The van der Waals surface area contributed by atoms with Crippen molar-refractivity contribution in [1.29, 1.82) is 0 Å². The molecule has 204 valence electrons. The molecular weight excluding hydrogens is 570 g/mol. The highest BCUT2D eigenvalue weighted by Crippen LogP contribution is 2.27. The number of hydrogen-bond acceptors (Lipinski definition) is 8. The van der Waals surface area contributed by atoms with Gasteiger partial charge in [0.1, 0.15) is 11.5 Å². The number of ether oxygens (including phenoxy) is 4. The summed E-state index contributed by atoms with van der Waals surface area (Å²) in [5.41, 5.74) is 3.42. The third kappa shape index (κ3) is 8.57. The van der Waals surface area contributed by atoms with Crippen molar-refractivity contribution < 1.29 is 33.3 Å². The molecule has 0 aliphatic rings. The van der Waals surface area contributed by atoms with Crippen LogP contribution in [0.25, 0.3) is 0 Å². The normalized spacial score (nSPS) is 10.6.